The molecule has 1 atom stereocenters. The summed E-state index contributed by atoms with van der Waals surface area (Å²) in [7, 11) is 1.66. The Bertz CT molecular complexity index is 1250. The van der Waals surface area contributed by atoms with Crippen LogP contribution in [0, 0.1) is 5.82 Å². The van der Waals surface area contributed by atoms with Crippen molar-refractivity contribution in [2.75, 3.05) is 18.6 Å². The van der Waals surface area contributed by atoms with Crippen molar-refractivity contribution < 1.29 is 23.5 Å². The largest absolute Gasteiger partial charge is 0.490 e. The summed E-state index contributed by atoms with van der Waals surface area (Å²) in [5.74, 6) is 0.634. The van der Waals surface area contributed by atoms with Crippen molar-refractivity contribution >= 4 is 17.6 Å². The zero-order valence-electron chi connectivity index (χ0n) is 20.2. The highest BCUT2D eigenvalue weighted by Gasteiger charge is 2.31. The van der Waals surface area contributed by atoms with Crippen LogP contribution in [0.4, 0.5) is 14.9 Å². The van der Waals surface area contributed by atoms with E-state index in [1.165, 1.54) is 36.3 Å². The molecule has 1 fully saturated rings. The van der Waals surface area contributed by atoms with Gasteiger partial charge in [0, 0.05) is 25.7 Å². The molecule has 3 aromatic rings. The zero-order valence-corrected chi connectivity index (χ0v) is 20.2. The first kappa shape index (κ1) is 23.8. The number of nitrogens with one attached hydrogen (secondary N) is 1. The number of nitrogens with zero attached hydrogens (tertiary/aromatic N) is 3. The minimum Gasteiger partial charge on any atom is -0.490 e. The van der Waals surface area contributed by atoms with Gasteiger partial charge >= 0.3 is 6.03 Å². The number of aromatic nitrogens is 2. The molecule has 8 nitrogen and oxygen atoms in total. The van der Waals surface area contributed by atoms with Crippen molar-refractivity contribution in [1.82, 2.24) is 15.1 Å². The lowest BCUT2D eigenvalue weighted by atomic mass is 9.98. The van der Waals surface area contributed by atoms with Crippen LogP contribution in [0.25, 0.3) is 0 Å². The van der Waals surface area contributed by atoms with Crippen molar-refractivity contribution in [2.24, 2.45) is 0 Å². The minimum absolute atomic E-state index is 0.0117. The van der Waals surface area contributed by atoms with Crippen molar-refractivity contribution in [2.45, 2.75) is 50.7 Å². The maximum absolute atomic E-state index is 13.5. The third-order valence-corrected chi connectivity index (χ3v) is 6.62. The van der Waals surface area contributed by atoms with E-state index in [1.807, 2.05) is 12.1 Å². The SMILES string of the molecule is CN1C(=O)[C@@H](NC(=O)n2cc(Cc3cccc(F)c3)cn2)COc2ccc(OC3CCCCC3)cc21. The van der Waals surface area contributed by atoms with Gasteiger partial charge < -0.3 is 19.7 Å². The first-order chi connectivity index (χ1) is 17.5. The lowest BCUT2D eigenvalue weighted by molar-refractivity contribution is -0.120. The van der Waals surface area contributed by atoms with Crippen LogP contribution in [-0.4, -0.2) is 47.5 Å². The highest BCUT2D eigenvalue weighted by molar-refractivity contribution is 6.00. The number of anilines is 1. The van der Waals surface area contributed by atoms with Crippen LogP contribution in [0.15, 0.2) is 54.9 Å². The third kappa shape index (κ3) is 5.35. The predicted octanol–water partition coefficient (Wildman–Crippen LogP) is 4.31. The number of fused-ring (bicyclic) bond motifs is 1. The van der Waals surface area contributed by atoms with Gasteiger partial charge in [-0.2, -0.15) is 9.78 Å². The Morgan fingerprint density at radius 1 is 1.17 bits per heavy atom. The Labute approximate surface area is 209 Å². The van der Waals surface area contributed by atoms with Crippen LogP contribution in [0.2, 0.25) is 0 Å². The lowest BCUT2D eigenvalue weighted by Gasteiger charge is -2.24. The second-order valence-corrected chi connectivity index (χ2v) is 9.32. The molecular formula is C27H29FN4O4. The molecule has 188 valence electrons. The number of hydrogen-bond donors (Lipinski definition) is 1. The molecule has 1 aromatic heterocycles. The summed E-state index contributed by atoms with van der Waals surface area (Å²) in [5, 5.41) is 6.81. The van der Waals surface area contributed by atoms with Gasteiger partial charge in [0.15, 0.2) is 0 Å². The standard InChI is InChI=1S/C27H29FN4O4/c1-31-24-14-22(36-21-8-3-2-4-9-21)10-11-25(24)35-17-23(26(31)33)30-27(34)32-16-19(15-29-32)12-18-6-5-7-20(28)13-18/h5-7,10-11,13-16,21,23H,2-4,8-9,12,17H2,1H3,(H,30,34)/t23-/m0/s1. The summed E-state index contributed by atoms with van der Waals surface area (Å²) in [5.41, 5.74) is 2.12. The number of rotatable bonds is 5. The molecule has 1 N–H and O–H groups in total. The summed E-state index contributed by atoms with van der Waals surface area (Å²) in [6.45, 7) is -0.0117. The maximum atomic E-state index is 13.5. The summed E-state index contributed by atoms with van der Waals surface area (Å²) in [6, 6.07) is 10.3. The van der Waals surface area contributed by atoms with Gasteiger partial charge in [-0.15, -0.1) is 0 Å². The Hall–Kier alpha value is -3.88. The molecule has 2 aliphatic rings. The number of amides is 2. The fraction of sp³-hybridized carbons (Fsp3) is 0.370. The van der Waals surface area contributed by atoms with E-state index < -0.39 is 12.1 Å². The highest BCUT2D eigenvalue weighted by atomic mass is 19.1. The Morgan fingerprint density at radius 2 is 2.00 bits per heavy atom. The molecule has 1 saturated carbocycles. The van der Waals surface area contributed by atoms with Crippen molar-refractivity contribution in [1.29, 1.82) is 0 Å². The second kappa shape index (κ2) is 10.4. The fourth-order valence-corrected chi connectivity index (χ4v) is 4.69. The Balaban J connectivity index is 1.24. The van der Waals surface area contributed by atoms with Gasteiger partial charge in [-0.1, -0.05) is 18.6 Å². The van der Waals surface area contributed by atoms with Crippen LogP contribution < -0.4 is 19.7 Å². The van der Waals surface area contributed by atoms with Gasteiger partial charge in [-0.3, -0.25) is 4.79 Å². The molecule has 1 aliphatic carbocycles. The van der Waals surface area contributed by atoms with Gasteiger partial charge in [-0.25, -0.2) is 9.18 Å². The van der Waals surface area contributed by atoms with Gasteiger partial charge in [0.1, 0.15) is 30.0 Å². The predicted molar refractivity (Wildman–Crippen MR) is 132 cm³/mol. The van der Waals surface area contributed by atoms with E-state index >= 15 is 0 Å². The highest BCUT2D eigenvalue weighted by Crippen LogP contribution is 2.35. The molecule has 0 spiro atoms. The monoisotopic (exact) mass is 492 g/mol. The number of carbonyl (C=O) groups excluding carboxylic acids is 2. The number of ether oxygens (including phenoxy) is 2. The average molecular weight is 493 g/mol. The van der Waals surface area contributed by atoms with Crippen molar-refractivity contribution in [3.63, 3.8) is 0 Å². The van der Waals surface area contributed by atoms with Gasteiger partial charge in [0.05, 0.1) is 18.0 Å². The van der Waals surface area contributed by atoms with Crippen LogP contribution in [0.3, 0.4) is 0 Å². The first-order valence-electron chi connectivity index (χ1n) is 12.3. The summed E-state index contributed by atoms with van der Waals surface area (Å²) >= 11 is 0. The topological polar surface area (TPSA) is 85.7 Å². The molecule has 5 rings (SSSR count). The second-order valence-electron chi connectivity index (χ2n) is 9.32. The first-order valence-corrected chi connectivity index (χ1v) is 12.3. The maximum Gasteiger partial charge on any atom is 0.342 e. The van der Waals surface area contributed by atoms with E-state index in [0.29, 0.717) is 23.6 Å². The number of benzene rings is 2. The van der Waals surface area contributed by atoms with Gasteiger partial charge in [-0.05, 0) is 61.1 Å². The molecule has 0 bridgehead atoms. The van der Waals surface area contributed by atoms with E-state index in [9.17, 15) is 14.0 Å². The molecule has 0 radical (unpaired) electrons. The molecule has 0 saturated heterocycles. The third-order valence-electron chi connectivity index (χ3n) is 6.62. The minimum atomic E-state index is -0.895. The molecule has 2 aromatic carbocycles. The quantitative estimate of drug-likeness (QED) is 0.574. The zero-order chi connectivity index (χ0) is 25.1. The van der Waals surface area contributed by atoms with Crippen LogP contribution in [-0.2, 0) is 11.2 Å². The normalized spacial score (nSPS) is 18.2. The van der Waals surface area contributed by atoms with E-state index in [1.54, 1.807) is 37.6 Å². The lowest BCUT2D eigenvalue weighted by Crippen LogP contribution is -2.50. The summed E-state index contributed by atoms with van der Waals surface area (Å²) in [4.78, 5) is 27.5. The molecule has 2 heterocycles. The molecule has 0 unspecified atom stereocenters. The number of hydrogen-bond acceptors (Lipinski definition) is 5. The number of carbonyl (C=O) groups is 2. The van der Waals surface area contributed by atoms with E-state index in [0.717, 1.165) is 28.7 Å². The van der Waals surface area contributed by atoms with Crippen LogP contribution in [0.5, 0.6) is 11.5 Å². The smallest absolute Gasteiger partial charge is 0.342 e. The van der Waals surface area contributed by atoms with Crippen molar-refractivity contribution in [3.8, 4) is 11.5 Å². The van der Waals surface area contributed by atoms with Crippen LogP contribution in [0.1, 0.15) is 43.2 Å². The number of likely N-dealkylation sites (N-methyl/N-ethyl adjacent to an activating group) is 1. The number of halogens is 1. The molecule has 1 aliphatic heterocycles. The van der Waals surface area contributed by atoms with E-state index in [-0.39, 0.29) is 24.4 Å². The van der Waals surface area contributed by atoms with Gasteiger partial charge in [0.25, 0.3) is 5.91 Å². The Kier molecular flexibility index (Phi) is 6.88. The molecule has 36 heavy (non-hydrogen) atoms. The van der Waals surface area contributed by atoms with E-state index in [4.69, 9.17) is 9.47 Å². The molecular weight excluding hydrogens is 463 g/mol. The fourth-order valence-electron chi connectivity index (χ4n) is 4.69. The van der Waals surface area contributed by atoms with Crippen LogP contribution >= 0.6 is 0 Å². The Morgan fingerprint density at radius 3 is 2.81 bits per heavy atom. The summed E-state index contributed by atoms with van der Waals surface area (Å²) < 4.78 is 26.6. The molecule has 9 heteroatoms. The average Bonchev–Trinajstić information content (AvgIpc) is 3.31. The molecule has 2 amide bonds. The summed E-state index contributed by atoms with van der Waals surface area (Å²) in [6.07, 6.45) is 9.39. The van der Waals surface area contributed by atoms with Crippen molar-refractivity contribution in [3.05, 3.63) is 71.8 Å². The van der Waals surface area contributed by atoms with Gasteiger partial charge in [0.2, 0.25) is 0 Å². The van der Waals surface area contributed by atoms with E-state index in [2.05, 4.69) is 10.4 Å².